The maximum atomic E-state index is 12.7. The van der Waals surface area contributed by atoms with E-state index in [-0.39, 0.29) is 29.1 Å². The van der Waals surface area contributed by atoms with Gasteiger partial charge in [0.2, 0.25) is 5.78 Å². The smallest absolute Gasteiger partial charge is 0.340 e. The zero-order valence-electron chi connectivity index (χ0n) is 16.8. The van der Waals surface area contributed by atoms with Crippen LogP contribution in [0.4, 0.5) is 5.69 Å². The fourth-order valence-corrected chi connectivity index (χ4v) is 2.98. The van der Waals surface area contributed by atoms with Crippen molar-refractivity contribution in [3.63, 3.8) is 0 Å². The summed E-state index contributed by atoms with van der Waals surface area (Å²) in [5.74, 6) is -1.83. The quantitative estimate of drug-likeness (QED) is 0.325. The van der Waals surface area contributed by atoms with Crippen LogP contribution in [-0.4, -0.2) is 40.3 Å². The molecule has 1 N–H and O–H groups in total. The van der Waals surface area contributed by atoms with Crippen molar-refractivity contribution < 1.29 is 28.8 Å². The Bertz CT molecular complexity index is 991. The maximum Gasteiger partial charge on any atom is 0.340 e. The highest BCUT2D eigenvalue weighted by atomic mass is 16.6. The Morgan fingerprint density at radius 3 is 2.38 bits per heavy atom. The van der Waals surface area contributed by atoms with Crippen LogP contribution in [0.3, 0.4) is 0 Å². The molecule has 0 radical (unpaired) electrons. The molecule has 0 aliphatic carbocycles. The fraction of sp³-hybridized carbons (Fsp3) is 0.350. The van der Waals surface area contributed by atoms with Gasteiger partial charge >= 0.3 is 11.9 Å². The van der Waals surface area contributed by atoms with Gasteiger partial charge in [0, 0.05) is 17.3 Å². The Morgan fingerprint density at radius 2 is 1.83 bits per heavy atom. The van der Waals surface area contributed by atoms with Gasteiger partial charge in [0.1, 0.15) is 0 Å². The average Bonchev–Trinajstić information content (AvgIpc) is 2.94. The first-order chi connectivity index (χ1) is 13.6. The molecule has 1 aromatic carbocycles. The van der Waals surface area contributed by atoms with E-state index >= 15 is 0 Å². The maximum absolute atomic E-state index is 12.7. The Balaban J connectivity index is 2.20. The largest absolute Gasteiger partial charge is 0.462 e. The van der Waals surface area contributed by atoms with Gasteiger partial charge in [-0.25, -0.2) is 9.59 Å². The topological polar surface area (TPSA) is 129 Å². The van der Waals surface area contributed by atoms with E-state index in [0.717, 1.165) is 0 Å². The van der Waals surface area contributed by atoms with E-state index in [2.05, 4.69) is 4.98 Å². The van der Waals surface area contributed by atoms with Crippen LogP contribution >= 0.6 is 0 Å². The Morgan fingerprint density at radius 1 is 1.17 bits per heavy atom. The van der Waals surface area contributed by atoms with Gasteiger partial charge in [0.05, 0.1) is 28.4 Å². The number of nitro benzene ring substituents is 1. The first-order valence-corrected chi connectivity index (χ1v) is 8.94. The molecule has 9 heteroatoms. The molecule has 0 saturated carbocycles. The third-order valence-electron chi connectivity index (χ3n) is 4.45. The highest BCUT2D eigenvalue weighted by Crippen LogP contribution is 2.22. The van der Waals surface area contributed by atoms with Gasteiger partial charge < -0.3 is 14.5 Å². The lowest BCUT2D eigenvalue weighted by atomic mass is 10.1. The molecule has 0 aliphatic heterocycles. The highest BCUT2D eigenvalue weighted by Gasteiger charge is 2.28. The number of rotatable bonds is 7. The van der Waals surface area contributed by atoms with Crippen LogP contribution < -0.4 is 0 Å². The number of hydrogen-bond acceptors (Lipinski definition) is 7. The van der Waals surface area contributed by atoms with E-state index < -0.39 is 28.7 Å². The molecule has 0 amide bonds. The number of aryl methyl sites for hydroxylation is 2. The molecule has 1 heterocycles. The van der Waals surface area contributed by atoms with Gasteiger partial charge in [-0.05, 0) is 52.3 Å². The number of H-pyrrole nitrogens is 1. The first-order valence-electron chi connectivity index (χ1n) is 8.94. The van der Waals surface area contributed by atoms with Crippen LogP contribution in [0, 0.1) is 30.9 Å². The minimum absolute atomic E-state index is 0.0966. The minimum atomic E-state index is -1.13. The lowest BCUT2D eigenvalue weighted by Gasteiger charge is -2.12. The number of nitrogens with one attached hydrogen (secondary N) is 1. The molecule has 0 spiro atoms. The van der Waals surface area contributed by atoms with E-state index in [1.54, 1.807) is 20.8 Å². The van der Waals surface area contributed by atoms with Crippen LogP contribution in [0.25, 0.3) is 0 Å². The van der Waals surface area contributed by atoms with E-state index in [0.29, 0.717) is 16.8 Å². The van der Waals surface area contributed by atoms with Gasteiger partial charge in [0.25, 0.3) is 5.69 Å². The summed E-state index contributed by atoms with van der Waals surface area (Å²) < 4.78 is 10.2. The Hall–Kier alpha value is -3.49. The third kappa shape index (κ3) is 4.50. The summed E-state index contributed by atoms with van der Waals surface area (Å²) in [5, 5.41) is 10.9. The molecule has 0 unspecified atom stereocenters. The van der Waals surface area contributed by atoms with Crippen LogP contribution in [0.15, 0.2) is 18.2 Å². The summed E-state index contributed by atoms with van der Waals surface area (Å²) in [6.45, 7) is 8.06. The van der Waals surface area contributed by atoms with Crippen molar-refractivity contribution in [3.05, 3.63) is 62.0 Å². The monoisotopic (exact) mass is 402 g/mol. The van der Waals surface area contributed by atoms with Gasteiger partial charge in [-0.3, -0.25) is 14.9 Å². The molecule has 0 saturated heterocycles. The Labute approximate surface area is 167 Å². The first kappa shape index (κ1) is 21.8. The number of aromatic nitrogens is 1. The minimum Gasteiger partial charge on any atom is -0.462 e. The van der Waals surface area contributed by atoms with Gasteiger partial charge in [-0.2, -0.15) is 0 Å². The molecule has 29 heavy (non-hydrogen) atoms. The molecule has 0 aliphatic rings. The molecule has 1 aromatic heterocycles. The summed E-state index contributed by atoms with van der Waals surface area (Å²) in [7, 11) is 0. The lowest BCUT2D eigenvalue weighted by molar-refractivity contribution is -0.385. The van der Waals surface area contributed by atoms with Crippen LogP contribution in [-0.2, 0) is 9.47 Å². The third-order valence-corrected chi connectivity index (χ3v) is 4.45. The molecule has 2 aromatic rings. The number of Topliss-reactive ketones (excluding diaryl/α,β-unsaturated/α-hetero) is 1. The zero-order chi connectivity index (χ0) is 21.9. The second-order valence-corrected chi connectivity index (χ2v) is 6.52. The number of ketones is 1. The van der Waals surface area contributed by atoms with Gasteiger partial charge in [-0.15, -0.1) is 0 Å². The normalized spacial score (nSPS) is 11.6. The molecular weight excluding hydrogens is 380 g/mol. The van der Waals surface area contributed by atoms with Crippen molar-refractivity contribution in [1.82, 2.24) is 4.98 Å². The number of benzene rings is 1. The number of carbonyl (C=O) groups excluding carboxylic acids is 3. The number of esters is 2. The van der Waals surface area contributed by atoms with Crippen molar-refractivity contribution in [2.75, 3.05) is 6.61 Å². The van der Waals surface area contributed by atoms with Crippen molar-refractivity contribution in [3.8, 4) is 0 Å². The molecule has 1 atom stereocenters. The predicted molar refractivity (Wildman–Crippen MR) is 103 cm³/mol. The molecular formula is C20H22N2O7. The van der Waals surface area contributed by atoms with Gasteiger partial charge in [-0.1, -0.05) is 0 Å². The van der Waals surface area contributed by atoms with Crippen LogP contribution in [0.5, 0.6) is 0 Å². The van der Waals surface area contributed by atoms with Crippen LogP contribution in [0.1, 0.15) is 61.9 Å². The molecule has 0 fully saturated rings. The van der Waals surface area contributed by atoms with E-state index in [9.17, 15) is 24.5 Å². The second-order valence-electron chi connectivity index (χ2n) is 6.52. The zero-order valence-corrected chi connectivity index (χ0v) is 16.8. The summed E-state index contributed by atoms with van der Waals surface area (Å²) >= 11 is 0. The molecule has 2 rings (SSSR count). The average molecular weight is 402 g/mol. The van der Waals surface area contributed by atoms with Crippen molar-refractivity contribution >= 4 is 23.4 Å². The number of nitrogens with zero attached hydrogens (tertiary/aromatic N) is 1. The summed E-state index contributed by atoms with van der Waals surface area (Å²) in [6, 6.07) is 3.82. The molecule has 9 nitrogen and oxygen atoms in total. The number of nitro groups is 1. The number of aromatic amines is 1. The Kier molecular flexibility index (Phi) is 6.53. The predicted octanol–water partition coefficient (Wildman–Crippen LogP) is 3.45. The number of ether oxygens (including phenoxy) is 2. The molecule has 154 valence electrons. The number of hydrogen-bond donors (Lipinski definition) is 1. The fourth-order valence-electron chi connectivity index (χ4n) is 2.98. The van der Waals surface area contributed by atoms with Crippen LogP contribution in [0.2, 0.25) is 0 Å². The van der Waals surface area contributed by atoms with E-state index in [1.807, 2.05) is 0 Å². The highest BCUT2D eigenvalue weighted by molar-refractivity contribution is 6.04. The van der Waals surface area contributed by atoms with Crippen molar-refractivity contribution in [1.29, 1.82) is 0 Å². The van der Waals surface area contributed by atoms with E-state index in [1.165, 1.54) is 32.0 Å². The van der Waals surface area contributed by atoms with Crippen molar-refractivity contribution in [2.45, 2.75) is 40.7 Å². The van der Waals surface area contributed by atoms with Gasteiger partial charge in [0.15, 0.2) is 6.10 Å². The standard InChI is InChI=1S/C20H22N2O7/c1-6-28-20(25)16-11(3)17(21-12(16)4)18(23)13(5)29-19(24)14-7-8-15(22(26)27)10(2)9-14/h7-9,13,21H,6H2,1-5H3/t13-/m0/s1. The summed E-state index contributed by atoms with van der Waals surface area (Å²) in [5.41, 5.74) is 1.62. The lowest BCUT2D eigenvalue weighted by Crippen LogP contribution is -2.25. The van der Waals surface area contributed by atoms with Crippen molar-refractivity contribution in [2.24, 2.45) is 0 Å². The SMILES string of the molecule is CCOC(=O)c1c(C)[nH]c(C(=O)[C@H](C)OC(=O)c2ccc([N+](=O)[O-])c(C)c2)c1C. The summed E-state index contributed by atoms with van der Waals surface area (Å²) in [4.78, 5) is 50.4. The summed E-state index contributed by atoms with van der Waals surface area (Å²) in [6.07, 6.45) is -1.13. The molecule has 0 bridgehead atoms. The van der Waals surface area contributed by atoms with E-state index in [4.69, 9.17) is 9.47 Å². The number of carbonyl (C=O) groups is 3. The second kappa shape index (κ2) is 8.68.